The molecule has 1 aromatic heterocycles. The van der Waals surface area contributed by atoms with E-state index in [-0.39, 0.29) is 0 Å². The average molecular weight is 353 g/mol. The molecule has 2 fully saturated rings. The number of ether oxygens (including phenoxy) is 1. The fourth-order valence-corrected chi connectivity index (χ4v) is 5.21. The number of aliphatic hydroxyl groups is 1. The normalized spacial score (nSPS) is 26.5. The van der Waals surface area contributed by atoms with E-state index in [9.17, 15) is 5.11 Å². The second kappa shape index (κ2) is 8.77. The molecule has 3 heterocycles. The molecular formula is C19H32N2O2S. The molecule has 2 aliphatic rings. The predicted octanol–water partition coefficient (Wildman–Crippen LogP) is 2.32. The van der Waals surface area contributed by atoms with Gasteiger partial charge < -0.3 is 9.84 Å². The number of aliphatic hydroxyl groups excluding tert-OH is 1. The van der Waals surface area contributed by atoms with E-state index >= 15 is 0 Å². The molecule has 0 bridgehead atoms. The Balaban J connectivity index is 1.52. The first-order chi connectivity index (χ1) is 11.6. The molecule has 0 saturated carbocycles. The van der Waals surface area contributed by atoms with E-state index in [4.69, 9.17) is 4.74 Å². The fourth-order valence-electron chi connectivity index (χ4n) is 3.93. The molecule has 3 rings (SSSR count). The molecule has 2 saturated heterocycles. The highest BCUT2D eigenvalue weighted by atomic mass is 32.1. The summed E-state index contributed by atoms with van der Waals surface area (Å²) in [4.78, 5) is 8.01. The lowest BCUT2D eigenvalue weighted by molar-refractivity contribution is 0.0264. The maximum absolute atomic E-state index is 9.79. The van der Waals surface area contributed by atoms with E-state index in [1.54, 1.807) is 0 Å². The van der Waals surface area contributed by atoms with E-state index in [0.29, 0.717) is 18.4 Å². The molecule has 5 heteroatoms. The van der Waals surface area contributed by atoms with E-state index in [2.05, 4.69) is 35.8 Å². The SMILES string of the molecule is CC(C)Cc1ccc(CN2C[C@@H](CN3CCOCC3)[C@@H](CO)C2)s1. The molecule has 2 aliphatic heterocycles. The lowest BCUT2D eigenvalue weighted by Gasteiger charge is -2.30. The van der Waals surface area contributed by atoms with Crippen molar-refractivity contribution in [1.29, 1.82) is 0 Å². The molecule has 0 radical (unpaired) electrons. The van der Waals surface area contributed by atoms with Crippen LogP contribution in [0.2, 0.25) is 0 Å². The summed E-state index contributed by atoms with van der Waals surface area (Å²) in [6, 6.07) is 4.59. The van der Waals surface area contributed by atoms with Crippen LogP contribution >= 0.6 is 11.3 Å². The van der Waals surface area contributed by atoms with Crippen LogP contribution < -0.4 is 0 Å². The molecule has 0 amide bonds. The average Bonchev–Trinajstić information content (AvgIpc) is 3.15. The summed E-state index contributed by atoms with van der Waals surface area (Å²) >= 11 is 1.96. The third kappa shape index (κ3) is 5.02. The molecule has 0 unspecified atom stereocenters. The summed E-state index contributed by atoms with van der Waals surface area (Å²) in [5.41, 5.74) is 0. The van der Waals surface area contributed by atoms with Gasteiger partial charge in [0.15, 0.2) is 0 Å². The third-order valence-electron chi connectivity index (χ3n) is 5.19. The summed E-state index contributed by atoms with van der Waals surface area (Å²) in [6.07, 6.45) is 1.18. The molecule has 24 heavy (non-hydrogen) atoms. The molecule has 4 nitrogen and oxygen atoms in total. The molecule has 0 spiro atoms. The molecule has 136 valence electrons. The minimum absolute atomic E-state index is 0.314. The van der Waals surface area contributed by atoms with Crippen molar-refractivity contribution in [1.82, 2.24) is 9.80 Å². The van der Waals surface area contributed by atoms with Crippen molar-refractivity contribution < 1.29 is 9.84 Å². The quantitative estimate of drug-likeness (QED) is 0.817. The van der Waals surface area contributed by atoms with Crippen LogP contribution in [0.3, 0.4) is 0 Å². The number of morpholine rings is 1. The lowest BCUT2D eigenvalue weighted by Crippen LogP contribution is -2.41. The molecule has 0 aromatic carbocycles. The molecule has 1 aromatic rings. The van der Waals surface area contributed by atoms with Gasteiger partial charge in [0, 0.05) is 55.6 Å². The van der Waals surface area contributed by atoms with Gasteiger partial charge in [-0.15, -0.1) is 11.3 Å². The maximum atomic E-state index is 9.79. The first kappa shape index (κ1) is 18.3. The van der Waals surface area contributed by atoms with Crippen molar-refractivity contribution in [3.05, 3.63) is 21.9 Å². The van der Waals surface area contributed by atoms with Gasteiger partial charge in [0.05, 0.1) is 13.2 Å². The Morgan fingerprint density at radius 1 is 1.12 bits per heavy atom. The van der Waals surface area contributed by atoms with Gasteiger partial charge in [-0.2, -0.15) is 0 Å². The van der Waals surface area contributed by atoms with Crippen molar-refractivity contribution in [3.63, 3.8) is 0 Å². The van der Waals surface area contributed by atoms with Gasteiger partial charge in [0.1, 0.15) is 0 Å². The second-order valence-electron chi connectivity index (χ2n) is 7.78. The highest BCUT2D eigenvalue weighted by Gasteiger charge is 2.33. The van der Waals surface area contributed by atoms with Gasteiger partial charge in [-0.25, -0.2) is 0 Å². The first-order valence-electron chi connectivity index (χ1n) is 9.35. The highest BCUT2D eigenvalue weighted by Crippen LogP contribution is 2.28. The topological polar surface area (TPSA) is 35.9 Å². The van der Waals surface area contributed by atoms with Crippen LogP contribution in [0.15, 0.2) is 12.1 Å². The Bertz CT molecular complexity index is 499. The fraction of sp³-hybridized carbons (Fsp3) is 0.789. The van der Waals surface area contributed by atoms with Crippen molar-refractivity contribution in [2.45, 2.75) is 26.8 Å². The summed E-state index contributed by atoms with van der Waals surface area (Å²) in [6.45, 7) is 13.0. The van der Waals surface area contributed by atoms with E-state index in [0.717, 1.165) is 58.4 Å². The monoisotopic (exact) mass is 352 g/mol. The zero-order valence-electron chi connectivity index (χ0n) is 15.1. The Kier molecular flexibility index (Phi) is 6.70. The van der Waals surface area contributed by atoms with Crippen LogP contribution in [-0.2, 0) is 17.7 Å². The van der Waals surface area contributed by atoms with Crippen LogP contribution in [0.4, 0.5) is 0 Å². The minimum atomic E-state index is 0.314. The van der Waals surface area contributed by atoms with Crippen LogP contribution in [0.5, 0.6) is 0 Å². The summed E-state index contributed by atoms with van der Waals surface area (Å²) in [5, 5.41) is 9.79. The van der Waals surface area contributed by atoms with E-state index < -0.39 is 0 Å². The van der Waals surface area contributed by atoms with Crippen LogP contribution in [0.25, 0.3) is 0 Å². The largest absolute Gasteiger partial charge is 0.396 e. The third-order valence-corrected chi connectivity index (χ3v) is 6.28. The first-order valence-corrected chi connectivity index (χ1v) is 10.2. The van der Waals surface area contributed by atoms with Gasteiger partial charge in [-0.3, -0.25) is 9.80 Å². The highest BCUT2D eigenvalue weighted by molar-refractivity contribution is 7.11. The zero-order chi connectivity index (χ0) is 16.9. The Hall–Kier alpha value is -0.460. The van der Waals surface area contributed by atoms with Crippen molar-refractivity contribution >= 4 is 11.3 Å². The zero-order valence-corrected chi connectivity index (χ0v) is 15.9. The van der Waals surface area contributed by atoms with Crippen molar-refractivity contribution in [3.8, 4) is 0 Å². The Morgan fingerprint density at radius 3 is 2.54 bits per heavy atom. The van der Waals surface area contributed by atoms with Gasteiger partial charge in [-0.1, -0.05) is 13.8 Å². The minimum Gasteiger partial charge on any atom is -0.396 e. The number of hydrogen-bond acceptors (Lipinski definition) is 5. The summed E-state index contributed by atoms with van der Waals surface area (Å²) in [5.74, 6) is 1.73. The Labute approximate surface area is 150 Å². The lowest BCUT2D eigenvalue weighted by atomic mass is 9.96. The van der Waals surface area contributed by atoms with E-state index in [1.807, 2.05) is 11.3 Å². The standard InChI is InChI=1S/C19H32N2O2S/c1-15(2)9-18-3-4-19(24-18)13-21-11-16(17(12-21)14-22)10-20-5-7-23-8-6-20/h3-4,15-17,22H,5-14H2,1-2H3/t16-,17-/m1/s1. The van der Waals surface area contributed by atoms with Gasteiger partial charge in [0.25, 0.3) is 0 Å². The number of hydrogen-bond donors (Lipinski definition) is 1. The number of rotatable bonds is 7. The second-order valence-corrected chi connectivity index (χ2v) is 9.03. The molecule has 1 N–H and O–H groups in total. The van der Waals surface area contributed by atoms with Crippen molar-refractivity contribution in [2.75, 3.05) is 52.5 Å². The summed E-state index contributed by atoms with van der Waals surface area (Å²) in [7, 11) is 0. The van der Waals surface area contributed by atoms with Crippen LogP contribution in [0, 0.1) is 17.8 Å². The molecule has 2 atom stereocenters. The van der Waals surface area contributed by atoms with E-state index in [1.165, 1.54) is 16.2 Å². The Morgan fingerprint density at radius 2 is 1.83 bits per heavy atom. The number of thiophene rings is 1. The molecular weight excluding hydrogens is 320 g/mol. The molecule has 0 aliphatic carbocycles. The predicted molar refractivity (Wildman–Crippen MR) is 99.5 cm³/mol. The van der Waals surface area contributed by atoms with Gasteiger partial charge >= 0.3 is 0 Å². The van der Waals surface area contributed by atoms with Crippen LogP contribution in [-0.4, -0.2) is 67.5 Å². The van der Waals surface area contributed by atoms with Gasteiger partial charge in [-0.05, 0) is 36.3 Å². The number of nitrogens with zero attached hydrogens (tertiary/aromatic N) is 2. The smallest absolute Gasteiger partial charge is 0.0594 e. The number of likely N-dealkylation sites (tertiary alicyclic amines) is 1. The van der Waals surface area contributed by atoms with Crippen molar-refractivity contribution in [2.24, 2.45) is 17.8 Å². The maximum Gasteiger partial charge on any atom is 0.0594 e. The van der Waals surface area contributed by atoms with Crippen LogP contribution in [0.1, 0.15) is 23.6 Å². The summed E-state index contributed by atoms with van der Waals surface area (Å²) < 4.78 is 5.45. The van der Waals surface area contributed by atoms with Gasteiger partial charge in [0.2, 0.25) is 0 Å².